The Morgan fingerprint density at radius 2 is 2.45 bits per heavy atom. The molecule has 3 unspecified atom stereocenters. The van der Waals surface area contributed by atoms with E-state index < -0.39 is 0 Å². The highest BCUT2D eigenvalue weighted by Crippen LogP contribution is 2.42. The van der Waals surface area contributed by atoms with Crippen molar-refractivity contribution in [2.24, 2.45) is 11.7 Å². The average molecular weight is 154 g/mol. The van der Waals surface area contributed by atoms with Crippen LogP contribution in [0.1, 0.15) is 26.2 Å². The zero-order valence-electron chi connectivity index (χ0n) is 6.76. The van der Waals surface area contributed by atoms with Gasteiger partial charge in [0, 0.05) is 5.54 Å². The lowest BCUT2D eigenvalue weighted by Gasteiger charge is -2.26. The first kappa shape index (κ1) is 7.10. The normalized spacial score (nSPS) is 48.1. The fourth-order valence-electron chi connectivity index (χ4n) is 2.50. The average Bonchev–Trinajstić information content (AvgIpc) is 2.41. The second-order valence-corrected chi connectivity index (χ2v) is 4.09. The van der Waals surface area contributed by atoms with Crippen LogP contribution in [0.25, 0.3) is 0 Å². The van der Waals surface area contributed by atoms with E-state index in [9.17, 15) is 4.79 Å². The van der Waals surface area contributed by atoms with Gasteiger partial charge in [0.2, 0.25) is 5.91 Å². The summed E-state index contributed by atoms with van der Waals surface area (Å²) in [5.41, 5.74) is 5.45. The fourth-order valence-corrected chi connectivity index (χ4v) is 2.50. The van der Waals surface area contributed by atoms with Gasteiger partial charge >= 0.3 is 0 Å². The summed E-state index contributed by atoms with van der Waals surface area (Å²) in [6.07, 6.45) is 3.49. The first-order valence-electron chi connectivity index (χ1n) is 4.18. The third-order valence-electron chi connectivity index (χ3n) is 3.06. The minimum atomic E-state index is -0.182. The Hall–Kier alpha value is -0.570. The number of piperidine rings is 1. The maximum Gasteiger partial charge on any atom is 0.234 e. The summed E-state index contributed by atoms with van der Waals surface area (Å²) in [4.78, 5) is 10.9. The quantitative estimate of drug-likeness (QED) is 0.558. The largest absolute Gasteiger partial charge is 0.368 e. The molecule has 3 nitrogen and oxygen atoms in total. The van der Waals surface area contributed by atoms with Gasteiger partial charge in [-0.05, 0) is 32.1 Å². The summed E-state index contributed by atoms with van der Waals surface area (Å²) in [7, 11) is 0. The van der Waals surface area contributed by atoms with Crippen LogP contribution in [0.2, 0.25) is 0 Å². The van der Waals surface area contributed by atoms with Crippen LogP contribution in [0.15, 0.2) is 0 Å². The van der Waals surface area contributed by atoms with Crippen molar-refractivity contribution in [1.29, 1.82) is 0 Å². The number of amides is 1. The Morgan fingerprint density at radius 3 is 2.73 bits per heavy atom. The van der Waals surface area contributed by atoms with E-state index in [2.05, 4.69) is 12.2 Å². The fraction of sp³-hybridized carbons (Fsp3) is 0.875. The molecule has 62 valence electrons. The number of carbonyl (C=O) groups is 1. The molecular weight excluding hydrogens is 140 g/mol. The summed E-state index contributed by atoms with van der Waals surface area (Å²) in [6, 6.07) is -0.0475. The predicted octanol–water partition coefficient (Wildman–Crippen LogP) is 0.00230. The molecule has 2 bridgehead atoms. The summed E-state index contributed by atoms with van der Waals surface area (Å²) in [5.74, 6) is 0.330. The molecule has 2 rings (SSSR count). The monoisotopic (exact) mass is 154 g/mol. The number of hydrogen-bond acceptors (Lipinski definition) is 2. The molecule has 2 fully saturated rings. The van der Waals surface area contributed by atoms with Crippen molar-refractivity contribution in [2.45, 2.75) is 37.8 Å². The van der Waals surface area contributed by atoms with Gasteiger partial charge in [-0.1, -0.05) is 0 Å². The third-order valence-corrected chi connectivity index (χ3v) is 3.06. The Balaban J connectivity index is 2.16. The maximum atomic E-state index is 10.9. The van der Waals surface area contributed by atoms with Crippen molar-refractivity contribution in [3.63, 3.8) is 0 Å². The van der Waals surface area contributed by atoms with E-state index in [1.165, 1.54) is 6.42 Å². The number of primary amides is 1. The number of nitrogens with two attached hydrogens (primary N) is 1. The van der Waals surface area contributed by atoms with Crippen LogP contribution in [0.4, 0.5) is 0 Å². The van der Waals surface area contributed by atoms with E-state index >= 15 is 0 Å². The highest BCUT2D eigenvalue weighted by molar-refractivity contribution is 5.81. The van der Waals surface area contributed by atoms with E-state index in [0.29, 0.717) is 5.92 Å². The first-order chi connectivity index (χ1) is 5.11. The highest BCUT2D eigenvalue weighted by Gasteiger charge is 2.48. The molecule has 1 aliphatic heterocycles. The summed E-state index contributed by atoms with van der Waals surface area (Å²) in [6.45, 7) is 2.18. The van der Waals surface area contributed by atoms with Crippen molar-refractivity contribution in [3.8, 4) is 0 Å². The molecule has 1 aliphatic carbocycles. The van der Waals surface area contributed by atoms with Crippen LogP contribution in [-0.2, 0) is 4.79 Å². The number of fused-ring (bicyclic) bond motifs is 2. The van der Waals surface area contributed by atoms with Crippen LogP contribution < -0.4 is 11.1 Å². The summed E-state index contributed by atoms with van der Waals surface area (Å²) >= 11 is 0. The zero-order valence-corrected chi connectivity index (χ0v) is 6.76. The SMILES string of the molecule is CC12CCC(C1)C(C(N)=O)N2. The molecule has 3 heteroatoms. The first-order valence-corrected chi connectivity index (χ1v) is 4.18. The van der Waals surface area contributed by atoms with Gasteiger partial charge in [0.15, 0.2) is 0 Å². The minimum absolute atomic E-state index is 0.0475. The number of nitrogens with one attached hydrogen (secondary N) is 1. The van der Waals surface area contributed by atoms with E-state index in [0.717, 1.165) is 12.8 Å². The third kappa shape index (κ3) is 0.948. The lowest BCUT2D eigenvalue weighted by molar-refractivity contribution is -0.121. The standard InChI is InChI=1S/C8H14N2O/c1-8-3-2-5(4-8)6(10-8)7(9)11/h5-6,10H,2-4H2,1H3,(H2,9,11). The molecule has 0 aromatic carbocycles. The molecular formula is C8H14N2O. The van der Waals surface area contributed by atoms with E-state index in [1.54, 1.807) is 0 Å². The van der Waals surface area contributed by atoms with Gasteiger partial charge < -0.3 is 11.1 Å². The van der Waals surface area contributed by atoms with Gasteiger partial charge in [0.05, 0.1) is 6.04 Å². The molecule has 0 aromatic rings. The molecule has 0 spiro atoms. The van der Waals surface area contributed by atoms with Crippen LogP contribution >= 0.6 is 0 Å². The van der Waals surface area contributed by atoms with Crippen molar-refractivity contribution in [2.75, 3.05) is 0 Å². The zero-order chi connectivity index (χ0) is 8.06. The smallest absolute Gasteiger partial charge is 0.234 e. The van der Waals surface area contributed by atoms with Gasteiger partial charge in [-0.3, -0.25) is 4.79 Å². The van der Waals surface area contributed by atoms with Crippen LogP contribution in [0.5, 0.6) is 0 Å². The number of rotatable bonds is 1. The molecule has 11 heavy (non-hydrogen) atoms. The molecule has 2 aliphatic rings. The topological polar surface area (TPSA) is 55.1 Å². The molecule has 3 atom stereocenters. The Kier molecular flexibility index (Phi) is 1.27. The molecule has 1 amide bonds. The van der Waals surface area contributed by atoms with Crippen LogP contribution in [0.3, 0.4) is 0 Å². The van der Waals surface area contributed by atoms with Crippen molar-refractivity contribution >= 4 is 5.91 Å². The van der Waals surface area contributed by atoms with Gasteiger partial charge in [-0.15, -0.1) is 0 Å². The Labute approximate surface area is 66.3 Å². The highest BCUT2D eigenvalue weighted by atomic mass is 16.1. The minimum Gasteiger partial charge on any atom is -0.368 e. The maximum absolute atomic E-state index is 10.9. The molecule has 0 radical (unpaired) electrons. The van der Waals surface area contributed by atoms with Crippen molar-refractivity contribution in [1.82, 2.24) is 5.32 Å². The molecule has 3 N–H and O–H groups in total. The van der Waals surface area contributed by atoms with Crippen molar-refractivity contribution in [3.05, 3.63) is 0 Å². The van der Waals surface area contributed by atoms with Crippen molar-refractivity contribution < 1.29 is 4.79 Å². The second kappa shape index (κ2) is 1.97. The molecule has 1 heterocycles. The Morgan fingerprint density at radius 1 is 1.73 bits per heavy atom. The molecule has 0 aromatic heterocycles. The number of carbonyl (C=O) groups excluding carboxylic acids is 1. The van der Waals surface area contributed by atoms with Gasteiger partial charge in [0.1, 0.15) is 0 Å². The van der Waals surface area contributed by atoms with E-state index in [1.807, 2.05) is 0 Å². The van der Waals surface area contributed by atoms with Crippen LogP contribution in [0, 0.1) is 5.92 Å². The van der Waals surface area contributed by atoms with Gasteiger partial charge in [0.25, 0.3) is 0 Å². The van der Waals surface area contributed by atoms with Crippen LogP contribution in [-0.4, -0.2) is 17.5 Å². The van der Waals surface area contributed by atoms with Gasteiger partial charge in [-0.25, -0.2) is 0 Å². The molecule has 1 saturated carbocycles. The Bertz CT molecular complexity index is 204. The van der Waals surface area contributed by atoms with E-state index in [4.69, 9.17) is 5.73 Å². The lowest BCUT2D eigenvalue weighted by Crippen LogP contribution is -2.49. The summed E-state index contributed by atoms with van der Waals surface area (Å²) < 4.78 is 0. The van der Waals surface area contributed by atoms with E-state index in [-0.39, 0.29) is 17.5 Å². The second-order valence-electron chi connectivity index (χ2n) is 4.09. The lowest BCUT2D eigenvalue weighted by atomic mass is 9.99. The number of hydrogen-bond donors (Lipinski definition) is 2. The summed E-state index contributed by atoms with van der Waals surface area (Å²) in [5, 5.41) is 3.29. The van der Waals surface area contributed by atoms with Gasteiger partial charge in [-0.2, -0.15) is 0 Å². The predicted molar refractivity (Wildman–Crippen MR) is 41.9 cm³/mol. The molecule has 1 saturated heterocycles.